The van der Waals surface area contributed by atoms with Crippen molar-refractivity contribution in [3.8, 4) is 0 Å². The number of rotatable bonds is 5. The Morgan fingerprint density at radius 1 is 1.32 bits per heavy atom. The van der Waals surface area contributed by atoms with Crippen molar-refractivity contribution in [1.82, 2.24) is 10.6 Å². The van der Waals surface area contributed by atoms with Crippen LogP contribution in [-0.4, -0.2) is 19.5 Å². The molecular formula is C14H20F2N2O. The molecule has 0 aromatic heterocycles. The SMILES string of the molecule is CNC(=O)C(C)(C)CNC(C)c1c(F)cccc1F. The van der Waals surface area contributed by atoms with Gasteiger partial charge in [0, 0.05) is 25.2 Å². The van der Waals surface area contributed by atoms with E-state index in [1.54, 1.807) is 27.8 Å². The molecule has 0 saturated heterocycles. The van der Waals surface area contributed by atoms with Crippen LogP contribution < -0.4 is 10.6 Å². The molecule has 1 aromatic rings. The molecule has 5 heteroatoms. The molecule has 106 valence electrons. The molecule has 0 radical (unpaired) electrons. The lowest BCUT2D eigenvalue weighted by Gasteiger charge is -2.25. The van der Waals surface area contributed by atoms with E-state index in [4.69, 9.17) is 0 Å². The average molecular weight is 270 g/mol. The van der Waals surface area contributed by atoms with Gasteiger partial charge in [0.2, 0.25) is 5.91 Å². The Labute approximate surface area is 112 Å². The second kappa shape index (κ2) is 6.10. The van der Waals surface area contributed by atoms with Crippen LogP contribution in [0.25, 0.3) is 0 Å². The van der Waals surface area contributed by atoms with E-state index >= 15 is 0 Å². The molecule has 1 rings (SSSR count). The Hall–Kier alpha value is -1.49. The summed E-state index contributed by atoms with van der Waals surface area (Å²) in [5.41, 5.74) is -0.653. The summed E-state index contributed by atoms with van der Waals surface area (Å²) in [6.07, 6.45) is 0. The monoisotopic (exact) mass is 270 g/mol. The minimum atomic E-state index is -0.648. The molecule has 0 aliphatic heterocycles. The van der Waals surface area contributed by atoms with Crippen molar-refractivity contribution in [3.05, 3.63) is 35.4 Å². The number of carbonyl (C=O) groups excluding carboxylic acids is 1. The Balaban J connectivity index is 2.76. The van der Waals surface area contributed by atoms with Crippen molar-refractivity contribution in [2.45, 2.75) is 26.8 Å². The van der Waals surface area contributed by atoms with E-state index in [-0.39, 0.29) is 11.5 Å². The van der Waals surface area contributed by atoms with Crippen LogP contribution in [0.3, 0.4) is 0 Å². The van der Waals surface area contributed by atoms with Gasteiger partial charge in [-0.05, 0) is 32.9 Å². The van der Waals surface area contributed by atoms with Gasteiger partial charge in [-0.25, -0.2) is 8.78 Å². The van der Waals surface area contributed by atoms with Crippen molar-refractivity contribution in [2.75, 3.05) is 13.6 Å². The maximum absolute atomic E-state index is 13.6. The largest absolute Gasteiger partial charge is 0.359 e. The molecule has 1 atom stereocenters. The zero-order valence-electron chi connectivity index (χ0n) is 11.7. The highest BCUT2D eigenvalue weighted by molar-refractivity contribution is 5.81. The predicted molar refractivity (Wildman–Crippen MR) is 70.6 cm³/mol. The number of amides is 1. The Bertz CT molecular complexity index is 441. The van der Waals surface area contributed by atoms with Gasteiger partial charge in [-0.3, -0.25) is 4.79 Å². The highest BCUT2D eigenvalue weighted by Gasteiger charge is 2.27. The van der Waals surface area contributed by atoms with E-state index in [1.165, 1.54) is 18.2 Å². The Morgan fingerprint density at radius 3 is 2.32 bits per heavy atom. The van der Waals surface area contributed by atoms with Crippen LogP contribution in [0.1, 0.15) is 32.4 Å². The van der Waals surface area contributed by atoms with Gasteiger partial charge in [0.15, 0.2) is 0 Å². The summed E-state index contributed by atoms with van der Waals surface area (Å²) in [7, 11) is 1.56. The van der Waals surface area contributed by atoms with Gasteiger partial charge >= 0.3 is 0 Å². The first-order valence-electron chi connectivity index (χ1n) is 6.19. The second-order valence-corrected chi connectivity index (χ2v) is 5.20. The molecule has 0 fully saturated rings. The summed E-state index contributed by atoms with van der Waals surface area (Å²) >= 11 is 0. The topological polar surface area (TPSA) is 41.1 Å². The van der Waals surface area contributed by atoms with Gasteiger partial charge in [-0.2, -0.15) is 0 Å². The lowest BCUT2D eigenvalue weighted by molar-refractivity contribution is -0.128. The molecule has 0 bridgehead atoms. The van der Waals surface area contributed by atoms with Crippen molar-refractivity contribution in [3.63, 3.8) is 0 Å². The fourth-order valence-electron chi connectivity index (χ4n) is 1.85. The van der Waals surface area contributed by atoms with Crippen molar-refractivity contribution in [2.24, 2.45) is 5.41 Å². The van der Waals surface area contributed by atoms with E-state index < -0.39 is 23.1 Å². The van der Waals surface area contributed by atoms with Crippen molar-refractivity contribution < 1.29 is 13.6 Å². The Morgan fingerprint density at radius 2 is 1.84 bits per heavy atom. The number of hydrogen-bond acceptors (Lipinski definition) is 2. The third-order valence-electron chi connectivity index (χ3n) is 3.12. The maximum atomic E-state index is 13.6. The van der Waals surface area contributed by atoms with Gasteiger partial charge < -0.3 is 10.6 Å². The number of hydrogen-bond donors (Lipinski definition) is 2. The van der Waals surface area contributed by atoms with E-state index in [0.29, 0.717) is 6.54 Å². The average Bonchev–Trinajstić information content (AvgIpc) is 2.35. The second-order valence-electron chi connectivity index (χ2n) is 5.20. The summed E-state index contributed by atoms with van der Waals surface area (Å²) in [6, 6.07) is 3.26. The molecule has 1 unspecified atom stereocenters. The molecule has 3 nitrogen and oxygen atoms in total. The summed E-state index contributed by atoms with van der Waals surface area (Å²) < 4.78 is 27.2. The van der Waals surface area contributed by atoms with Crippen molar-refractivity contribution in [1.29, 1.82) is 0 Å². The minimum absolute atomic E-state index is 0.00444. The molecule has 19 heavy (non-hydrogen) atoms. The van der Waals surface area contributed by atoms with Crippen LogP contribution in [0.5, 0.6) is 0 Å². The summed E-state index contributed by atoms with van der Waals surface area (Å²) in [5, 5.41) is 5.56. The molecule has 0 spiro atoms. The smallest absolute Gasteiger partial charge is 0.226 e. The van der Waals surface area contributed by atoms with Gasteiger partial charge in [-0.15, -0.1) is 0 Å². The first-order valence-corrected chi connectivity index (χ1v) is 6.19. The number of carbonyl (C=O) groups is 1. The Kier molecular flexibility index (Phi) is 5.00. The van der Waals surface area contributed by atoms with Crippen LogP contribution in [0.2, 0.25) is 0 Å². The van der Waals surface area contributed by atoms with Crippen LogP contribution >= 0.6 is 0 Å². The van der Waals surface area contributed by atoms with Crippen LogP contribution in [0.4, 0.5) is 8.78 Å². The number of nitrogens with one attached hydrogen (secondary N) is 2. The summed E-state index contributed by atoms with van der Waals surface area (Å²) in [5.74, 6) is -1.29. The normalized spacial score (nSPS) is 13.2. The zero-order chi connectivity index (χ0) is 14.6. The third-order valence-corrected chi connectivity index (χ3v) is 3.12. The van der Waals surface area contributed by atoms with Gasteiger partial charge in [0.25, 0.3) is 0 Å². The standard InChI is InChI=1S/C14H20F2N2O/c1-9(12-10(15)6-5-7-11(12)16)18-8-14(2,3)13(19)17-4/h5-7,9,18H,8H2,1-4H3,(H,17,19). The quantitative estimate of drug-likeness (QED) is 0.862. The fourth-order valence-corrected chi connectivity index (χ4v) is 1.85. The highest BCUT2D eigenvalue weighted by Crippen LogP contribution is 2.22. The van der Waals surface area contributed by atoms with E-state index in [2.05, 4.69) is 10.6 Å². The van der Waals surface area contributed by atoms with Crippen LogP contribution in [0, 0.1) is 17.0 Å². The molecule has 1 aromatic carbocycles. The molecule has 0 saturated carbocycles. The van der Waals surface area contributed by atoms with E-state index in [0.717, 1.165) is 0 Å². The molecule has 2 N–H and O–H groups in total. The van der Waals surface area contributed by atoms with Gasteiger partial charge in [0.1, 0.15) is 11.6 Å². The van der Waals surface area contributed by atoms with E-state index in [1.807, 2.05) is 0 Å². The zero-order valence-corrected chi connectivity index (χ0v) is 11.7. The molecular weight excluding hydrogens is 250 g/mol. The summed E-state index contributed by atoms with van der Waals surface area (Å²) in [6.45, 7) is 5.52. The first-order chi connectivity index (χ1) is 8.79. The third kappa shape index (κ3) is 3.73. The molecule has 0 aliphatic carbocycles. The molecule has 0 aliphatic rings. The van der Waals surface area contributed by atoms with Gasteiger partial charge in [0.05, 0.1) is 5.41 Å². The fraction of sp³-hybridized carbons (Fsp3) is 0.500. The highest BCUT2D eigenvalue weighted by atomic mass is 19.1. The molecule has 1 amide bonds. The van der Waals surface area contributed by atoms with Crippen LogP contribution in [0.15, 0.2) is 18.2 Å². The summed E-state index contributed by atoms with van der Waals surface area (Å²) in [4.78, 5) is 11.6. The minimum Gasteiger partial charge on any atom is -0.359 e. The lowest BCUT2D eigenvalue weighted by atomic mass is 9.91. The number of halogens is 2. The lowest BCUT2D eigenvalue weighted by Crippen LogP contribution is -2.42. The number of benzene rings is 1. The van der Waals surface area contributed by atoms with E-state index in [9.17, 15) is 13.6 Å². The van der Waals surface area contributed by atoms with Crippen LogP contribution in [-0.2, 0) is 4.79 Å². The predicted octanol–water partition coefficient (Wildman–Crippen LogP) is 2.39. The van der Waals surface area contributed by atoms with Crippen molar-refractivity contribution >= 4 is 5.91 Å². The molecule has 0 heterocycles. The maximum Gasteiger partial charge on any atom is 0.226 e. The van der Waals surface area contributed by atoms with Gasteiger partial charge in [-0.1, -0.05) is 6.07 Å². The first kappa shape index (κ1) is 15.6.